The monoisotopic (exact) mass is 236 g/mol. The predicted octanol–water partition coefficient (Wildman–Crippen LogP) is 3.28. The standard InChI is InChI=1S/C10H8N2O3S/c13-8-2-1-6(5-9(8)14)11-12-7-3-4-16-10(7)15/h1-5,13-15H. The number of nitrogens with zero attached hydrogens (tertiary/aromatic N) is 2. The van der Waals surface area contributed by atoms with E-state index in [1.807, 2.05) is 0 Å². The van der Waals surface area contributed by atoms with E-state index in [2.05, 4.69) is 10.2 Å². The van der Waals surface area contributed by atoms with Gasteiger partial charge in [-0.25, -0.2) is 0 Å². The molecule has 0 aliphatic rings. The molecule has 0 atom stereocenters. The van der Waals surface area contributed by atoms with Gasteiger partial charge in [-0.05, 0) is 23.6 Å². The summed E-state index contributed by atoms with van der Waals surface area (Å²) in [5, 5.41) is 37.0. The van der Waals surface area contributed by atoms with E-state index in [0.29, 0.717) is 11.4 Å². The predicted molar refractivity (Wildman–Crippen MR) is 59.9 cm³/mol. The molecule has 0 aliphatic carbocycles. The lowest BCUT2D eigenvalue weighted by Crippen LogP contribution is -1.67. The summed E-state index contributed by atoms with van der Waals surface area (Å²) in [6.07, 6.45) is 0. The average molecular weight is 236 g/mol. The Bertz CT molecular complexity index is 537. The zero-order valence-corrected chi connectivity index (χ0v) is 8.85. The average Bonchev–Trinajstić information content (AvgIpc) is 2.66. The smallest absolute Gasteiger partial charge is 0.199 e. The lowest BCUT2D eigenvalue weighted by Gasteiger charge is -1.97. The maximum absolute atomic E-state index is 9.30. The van der Waals surface area contributed by atoms with E-state index in [-0.39, 0.29) is 16.6 Å². The van der Waals surface area contributed by atoms with Gasteiger partial charge in [-0.3, -0.25) is 0 Å². The lowest BCUT2D eigenvalue weighted by molar-refractivity contribution is 0.404. The van der Waals surface area contributed by atoms with Gasteiger partial charge in [-0.2, -0.15) is 5.11 Å². The van der Waals surface area contributed by atoms with Crippen molar-refractivity contribution in [3.05, 3.63) is 29.6 Å². The van der Waals surface area contributed by atoms with Crippen LogP contribution in [0.3, 0.4) is 0 Å². The van der Waals surface area contributed by atoms with Crippen LogP contribution < -0.4 is 0 Å². The van der Waals surface area contributed by atoms with Crippen molar-refractivity contribution in [3.8, 4) is 16.6 Å². The Kier molecular flexibility index (Phi) is 2.74. The van der Waals surface area contributed by atoms with Gasteiger partial charge in [-0.15, -0.1) is 16.5 Å². The van der Waals surface area contributed by atoms with Crippen molar-refractivity contribution in [1.29, 1.82) is 0 Å². The number of benzene rings is 1. The molecule has 1 heterocycles. The molecule has 1 aromatic carbocycles. The van der Waals surface area contributed by atoms with Gasteiger partial charge in [0.25, 0.3) is 0 Å². The van der Waals surface area contributed by atoms with Gasteiger partial charge in [0.05, 0.1) is 5.69 Å². The second-order valence-corrected chi connectivity index (χ2v) is 3.88. The highest BCUT2D eigenvalue weighted by molar-refractivity contribution is 7.12. The molecule has 0 saturated heterocycles. The Morgan fingerprint density at radius 3 is 2.38 bits per heavy atom. The summed E-state index contributed by atoms with van der Waals surface area (Å²) in [6, 6.07) is 5.73. The Labute approximate surface area is 95.0 Å². The molecule has 2 aromatic rings. The highest BCUT2D eigenvalue weighted by atomic mass is 32.1. The van der Waals surface area contributed by atoms with E-state index in [1.54, 1.807) is 11.4 Å². The summed E-state index contributed by atoms with van der Waals surface area (Å²) >= 11 is 1.16. The molecule has 0 amide bonds. The number of hydrogen-bond acceptors (Lipinski definition) is 6. The molecule has 3 N–H and O–H groups in total. The summed E-state index contributed by atoms with van der Waals surface area (Å²) in [7, 11) is 0. The second-order valence-electron chi connectivity index (χ2n) is 2.98. The van der Waals surface area contributed by atoms with Gasteiger partial charge in [0.2, 0.25) is 0 Å². The molecule has 0 fully saturated rings. The number of phenolic OH excluding ortho intramolecular Hbond substituents is 2. The van der Waals surface area contributed by atoms with E-state index in [4.69, 9.17) is 5.11 Å². The van der Waals surface area contributed by atoms with Crippen molar-refractivity contribution in [2.45, 2.75) is 0 Å². The van der Waals surface area contributed by atoms with Crippen molar-refractivity contribution in [3.63, 3.8) is 0 Å². The fourth-order valence-electron chi connectivity index (χ4n) is 1.06. The molecular weight excluding hydrogens is 228 g/mol. The lowest BCUT2D eigenvalue weighted by atomic mass is 10.3. The minimum Gasteiger partial charge on any atom is -0.504 e. The van der Waals surface area contributed by atoms with Crippen LogP contribution in [0.4, 0.5) is 11.4 Å². The minimum absolute atomic E-state index is 0.0896. The van der Waals surface area contributed by atoms with Crippen LogP contribution >= 0.6 is 11.3 Å². The fraction of sp³-hybridized carbons (Fsp3) is 0. The summed E-state index contributed by atoms with van der Waals surface area (Å²) in [6.45, 7) is 0. The molecule has 0 saturated carbocycles. The van der Waals surface area contributed by atoms with Crippen LogP contribution in [0.25, 0.3) is 0 Å². The summed E-state index contributed by atoms with van der Waals surface area (Å²) < 4.78 is 0. The minimum atomic E-state index is -0.258. The molecule has 16 heavy (non-hydrogen) atoms. The van der Waals surface area contributed by atoms with Crippen LogP contribution in [0, 0.1) is 0 Å². The first-order valence-electron chi connectivity index (χ1n) is 4.37. The van der Waals surface area contributed by atoms with E-state index in [9.17, 15) is 10.2 Å². The number of hydrogen-bond donors (Lipinski definition) is 3. The quantitative estimate of drug-likeness (QED) is 0.552. The van der Waals surface area contributed by atoms with E-state index >= 15 is 0 Å². The van der Waals surface area contributed by atoms with Crippen molar-refractivity contribution in [1.82, 2.24) is 0 Å². The Balaban J connectivity index is 2.24. The highest BCUT2D eigenvalue weighted by Crippen LogP contribution is 2.34. The number of thiophene rings is 1. The van der Waals surface area contributed by atoms with Gasteiger partial charge >= 0.3 is 0 Å². The van der Waals surface area contributed by atoms with Crippen LogP contribution in [0.5, 0.6) is 16.6 Å². The van der Waals surface area contributed by atoms with Gasteiger partial charge < -0.3 is 15.3 Å². The first-order chi connectivity index (χ1) is 7.66. The molecule has 0 spiro atoms. The topological polar surface area (TPSA) is 85.4 Å². The molecule has 0 unspecified atom stereocenters. The normalized spacial score (nSPS) is 11.0. The largest absolute Gasteiger partial charge is 0.504 e. The molecule has 2 rings (SSSR count). The van der Waals surface area contributed by atoms with Gasteiger partial charge in [0.15, 0.2) is 16.6 Å². The number of rotatable bonds is 2. The third-order valence-electron chi connectivity index (χ3n) is 1.86. The van der Waals surface area contributed by atoms with Crippen LogP contribution in [0.1, 0.15) is 0 Å². The van der Waals surface area contributed by atoms with E-state index in [0.717, 1.165) is 11.3 Å². The van der Waals surface area contributed by atoms with E-state index < -0.39 is 0 Å². The maximum Gasteiger partial charge on any atom is 0.199 e. The highest BCUT2D eigenvalue weighted by Gasteiger charge is 2.01. The Morgan fingerprint density at radius 1 is 0.938 bits per heavy atom. The Hall–Kier alpha value is -2.08. The number of phenols is 2. The first kappa shape index (κ1) is 10.4. The van der Waals surface area contributed by atoms with Crippen LogP contribution in [0.2, 0.25) is 0 Å². The summed E-state index contributed by atoms with van der Waals surface area (Å²) in [5.74, 6) is -0.469. The Morgan fingerprint density at radius 2 is 1.75 bits per heavy atom. The third-order valence-corrected chi connectivity index (χ3v) is 2.56. The van der Waals surface area contributed by atoms with E-state index in [1.165, 1.54) is 18.2 Å². The zero-order chi connectivity index (χ0) is 11.5. The van der Waals surface area contributed by atoms with Crippen molar-refractivity contribution < 1.29 is 15.3 Å². The zero-order valence-electron chi connectivity index (χ0n) is 8.03. The third kappa shape index (κ3) is 2.12. The van der Waals surface area contributed by atoms with Crippen molar-refractivity contribution in [2.75, 3.05) is 0 Å². The number of azo groups is 1. The summed E-state index contributed by atoms with van der Waals surface area (Å²) in [4.78, 5) is 0. The fourth-order valence-corrected chi connectivity index (χ4v) is 1.61. The van der Waals surface area contributed by atoms with Gasteiger partial charge in [0.1, 0.15) is 5.69 Å². The van der Waals surface area contributed by atoms with Crippen molar-refractivity contribution >= 4 is 22.7 Å². The molecule has 1 aromatic heterocycles. The second kappa shape index (κ2) is 4.19. The van der Waals surface area contributed by atoms with Crippen LogP contribution in [0.15, 0.2) is 39.9 Å². The molecule has 0 bridgehead atoms. The number of aromatic hydroxyl groups is 3. The molecule has 5 nitrogen and oxygen atoms in total. The first-order valence-corrected chi connectivity index (χ1v) is 5.25. The molecule has 0 aliphatic heterocycles. The summed E-state index contributed by atoms with van der Waals surface area (Å²) in [5.41, 5.74) is 0.762. The van der Waals surface area contributed by atoms with Crippen LogP contribution in [-0.2, 0) is 0 Å². The SMILES string of the molecule is Oc1ccc(N=Nc2ccsc2O)cc1O. The maximum atomic E-state index is 9.30. The van der Waals surface area contributed by atoms with Gasteiger partial charge in [-0.1, -0.05) is 0 Å². The van der Waals surface area contributed by atoms with Crippen LogP contribution in [-0.4, -0.2) is 15.3 Å². The molecule has 82 valence electrons. The van der Waals surface area contributed by atoms with Gasteiger partial charge in [0, 0.05) is 6.07 Å². The molecular formula is C10H8N2O3S. The molecule has 0 radical (unpaired) electrons. The van der Waals surface area contributed by atoms with Crippen molar-refractivity contribution in [2.24, 2.45) is 10.2 Å². The molecule has 6 heteroatoms.